The van der Waals surface area contributed by atoms with E-state index in [2.05, 4.69) is 9.97 Å². The number of aliphatic hydroxyl groups is 1. The second-order valence-corrected chi connectivity index (χ2v) is 7.76. The average Bonchev–Trinajstić information content (AvgIpc) is 3.10. The van der Waals surface area contributed by atoms with Crippen LogP contribution in [0.25, 0.3) is 5.76 Å². The third kappa shape index (κ3) is 4.83. The maximum Gasteiger partial charge on any atom is 0.253 e. The Morgan fingerprint density at radius 1 is 1.22 bits per heavy atom. The number of aliphatic hydroxyl groups excluding tert-OH is 1. The van der Waals surface area contributed by atoms with Crippen LogP contribution in [0.15, 0.2) is 29.9 Å². The van der Waals surface area contributed by atoms with E-state index in [1.165, 1.54) is 12.1 Å². The second-order valence-electron chi connectivity index (χ2n) is 7.76. The summed E-state index contributed by atoms with van der Waals surface area (Å²) in [7, 11) is 0. The lowest BCUT2D eigenvalue weighted by atomic mass is 10.1. The third-order valence-corrected chi connectivity index (χ3v) is 5.45. The number of carbonyl (C=O) groups excluding carboxylic acids is 1. The molecule has 32 heavy (non-hydrogen) atoms. The molecule has 0 spiro atoms. The van der Waals surface area contributed by atoms with E-state index in [0.29, 0.717) is 68.3 Å². The molecule has 3 aliphatic rings. The summed E-state index contributed by atoms with van der Waals surface area (Å²) in [6, 6.07) is 2.13. The molecule has 1 fully saturated rings. The van der Waals surface area contributed by atoms with Gasteiger partial charge in [-0.05, 0) is 25.8 Å². The minimum atomic E-state index is -0.576. The molecule has 170 valence electrons. The minimum Gasteiger partial charge on any atom is -0.506 e. The summed E-state index contributed by atoms with van der Waals surface area (Å²) in [4.78, 5) is 21.5. The molecule has 1 amide bonds. The van der Waals surface area contributed by atoms with Gasteiger partial charge in [0.15, 0.2) is 0 Å². The van der Waals surface area contributed by atoms with E-state index in [1.807, 2.05) is 13.0 Å². The second kappa shape index (κ2) is 9.52. The monoisotopic (exact) mass is 445 g/mol. The van der Waals surface area contributed by atoms with Crippen LogP contribution in [0.4, 0.5) is 8.78 Å². The van der Waals surface area contributed by atoms with E-state index < -0.39 is 11.6 Å². The number of rotatable bonds is 1. The van der Waals surface area contributed by atoms with Crippen LogP contribution in [0.1, 0.15) is 29.2 Å². The molecule has 1 saturated heterocycles. The zero-order valence-electron chi connectivity index (χ0n) is 17.8. The average molecular weight is 445 g/mol. The van der Waals surface area contributed by atoms with E-state index in [9.17, 15) is 18.7 Å². The summed E-state index contributed by atoms with van der Waals surface area (Å²) in [6.45, 7) is 4.70. The topological polar surface area (TPSA) is 87.7 Å². The SMILES string of the molecule is Cc1nc2c([nH]1)CC=C(C(=O)N1CCOCC1)C=C2O.Fc1cc(F)c2c(c1)OCCC2. The van der Waals surface area contributed by atoms with Crippen molar-refractivity contribution < 1.29 is 28.2 Å². The number of hydrogen-bond acceptors (Lipinski definition) is 5. The fourth-order valence-electron chi connectivity index (χ4n) is 3.87. The highest BCUT2D eigenvalue weighted by Crippen LogP contribution is 2.28. The summed E-state index contributed by atoms with van der Waals surface area (Å²) >= 11 is 0. The van der Waals surface area contributed by atoms with E-state index in [0.717, 1.165) is 24.0 Å². The zero-order chi connectivity index (χ0) is 22.7. The Labute approximate surface area is 184 Å². The number of fused-ring (bicyclic) bond motifs is 2. The van der Waals surface area contributed by atoms with Crippen LogP contribution in [0.5, 0.6) is 5.75 Å². The number of allylic oxidation sites excluding steroid dienone is 1. The lowest BCUT2D eigenvalue weighted by molar-refractivity contribution is -0.130. The molecule has 0 unspecified atom stereocenters. The Morgan fingerprint density at radius 2 is 2.00 bits per heavy atom. The summed E-state index contributed by atoms with van der Waals surface area (Å²) in [5.41, 5.74) is 2.38. The number of imidazole rings is 1. The highest BCUT2D eigenvalue weighted by Gasteiger charge is 2.23. The normalized spacial score (nSPS) is 17.5. The zero-order valence-corrected chi connectivity index (χ0v) is 17.8. The molecular weight excluding hydrogens is 420 g/mol. The molecule has 9 heteroatoms. The van der Waals surface area contributed by atoms with Crippen LogP contribution in [0, 0.1) is 18.6 Å². The summed E-state index contributed by atoms with van der Waals surface area (Å²) in [6.07, 6.45) is 5.33. The van der Waals surface area contributed by atoms with Gasteiger partial charge in [-0.1, -0.05) is 6.08 Å². The van der Waals surface area contributed by atoms with Crippen LogP contribution in [0.3, 0.4) is 0 Å². The lowest BCUT2D eigenvalue weighted by Gasteiger charge is -2.27. The van der Waals surface area contributed by atoms with Crippen molar-refractivity contribution >= 4 is 11.7 Å². The molecule has 1 aromatic carbocycles. The molecule has 2 aliphatic heterocycles. The van der Waals surface area contributed by atoms with Gasteiger partial charge in [0.1, 0.15) is 34.7 Å². The predicted octanol–water partition coefficient (Wildman–Crippen LogP) is 3.25. The van der Waals surface area contributed by atoms with Crippen molar-refractivity contribution in [2.75, 3.05) is 32.9 Å². The number of benzene rings is 1. The van der Waals surface area contributed by atoms with E-state index in [4.69, 9.17) is 9.47 Å². The van der Waals surface area contributed by atoms with Gasteiger partial charge in [0.25, 0.3) is 5.91 Å². The lowest BCUT2D eigenvalue weighted by Crippen LogP contribution is -2.41. The fourth-order valence-corrected chi connectivity index (χ4v) is 3.87. The molecule has 5 rings (SSSR count). The molecule has 3 heterocycles. The molecule has 0 atom stereocenters. The number of nitrogens with one attached hydrogen (secondary N) is 1. The van der Waals surface area contributed by atoms with Crippen molar-refractivity contribution in [2.45, 2.75) is 26.2 Å². The molecule has 2 N–H and O–H groups in total. The number of aromatic nitrogens is 2. The quantitative estimate of drug-likeness (QED) is 0.704. The van der Waals surface area contributed by atoms with Crippen LogP contribution >= 0.6 is 0 Å². The molecule has 1 aliphatic carbocycles. The van der Waals surface area contributed by atoms with Crippen molar-refractivity contribution in [3.63, 3.8) is 0 Å². The first kappa shape index (κ1) is 22.0. The summed E-state index contributed by atoms with van der Waals surface area (Å²) in [5, 5.41) is 10.1. The van der Waals surface area contributed by atoms with Crippen molar-refractivity contribution in [3.8, 4) is 5.75 Å². The van der Waals surface area contributed by atoms with Crippen LogP contribution in [-0.4, -0.2) is 58.8 Å². The van der Waals surface area contributed by atoms with Gasteiger partial charge in [-0.15, -0.1) is 0 Å². The maximum absolute atomic E-state index is 13.0. The number of nitrogens with zero attached hydrogens (tertiary/aromatic N) is 2. The Morgan fingerprint density at radius 3 is 2.78 bits per heavy atom. The highest BCUT2D eigenvalue weighted by atomic mass is 19.1. The largest absolute Gasteiger partial charge is 0.506 e. The van der Waals surface area contributed by atoms with Gasteiger partial charge in [-0.2, -0.15) is 0 Å². The Hall–Kier alpha value is -3.20. The van der Waals surface area contributed by atoms with Gasteiger partial charge in [0.05, 0.1) is 19.8 Å². The Kier molecular flexibility index (Phi) is 6.55. The molecule has 0 bridgehead atoms. The van der Waals surface area contributed by atoms with E-state index in [1.54, 1.807) is 4.90 Å². The maximum atomic E-state index is 13.0. The van der Waals surface area contributed by atoms with E-state index in [-0.39, 0.29) is 11.7 Å². The smallest absolute Gasteiger partial charge is 0.253 e. The van der Waals surface area contributed by atoms with Crippen LogP contribution in [0.2, 0.25) is 0 Å². The fraction of sp³-hybridized carbons (Fsp3) is 0.391. The van der Waals surface area contributed by atoms with Gasteiger partial charge < -0.3 is 24.5 Å². The molecular formula is C23H25F2N3O4. The van der Waals surface area contributed by atoms with Gasteiger partial charge >= 0.3 is 0 Å². The number of halogens is 2. The summed E-state index contributed by atoms with van der Waals surface area (Å²) < 4.78 is 36.0. The van der Waals surface area contributed by atoms with Gasteiger partial charge in [0.2, 0.25) is 0 Å². The molecule has 7 nitrogen and oxygen atoms in total. The number of ether oxygens (including phenoxy) is 2. The number of aryl methyl sites for hydroxylation is 1. The van der Waals surface area contributed by atoms with Crippen molar-refractivity contribution in [1.29, 1.82) is 0 Å². The minimum absolute atomic E-state index is 0.0368. The molecule has 1 aromatic heterocycles. The third-order valence-electron chi connectivity index (χ3n) is 5.45. The number of carbonyl (C=O) groups is 1. The van der Waals surface area contributed by atoms with Crippen LogP contribution < -0.4 is 4.74 Å². The highest BCUT2D eigenvalue weighted by molar-refractivity contribution is 5.98. The first-order valence-corrected chi connectivity index (χ1v) is 10.6. The Balaban J connectivity index is 0.000000174. The number of H-pyrrole nitrogens is 1. The van der Waals surface area contributed by atoms with Gasteiger partial charge in [-0.25, -0.2) is 13.8 Å². The first-order valence-electron chi connectivity index (χ1n) is 10.6. The number of hydrogen-bond donors (Lipinski definition) is 2. The number of amides is 1. The van der Waals surface area contributed by atoms with Gasteiger partial charge in [-0.3, -0.25) is 4.79 Å². The van der Waals surface area contributed by atoms with Crippen molar-refractivity contribution in [1.82, 2.24) is 14.9 Å². The molecule has 0 radical (unpaired) electrons. The van der Waals surface area contributed by atoms with Crippen molar-refractivity contribution in [3.05, 3.63) is 64.3 Å². The van der Waals surface area contributed by atoms with Crippen molar-refractivity contribution in [2.24, 2.45) is 0 Å². The Bertz CT molecular complexity index is 1070. The molecule has 0 saturated carbocycles. The van der Waals surface area contributed by atoms with E-state index >= 15 is 0 Å². The van der Waals surface area contributed by atoms with Gasteiger partial charge in [0, 0.05) is 48.5 Å². The predicted molar refractivity (Wildman–Crippen MR) is 113 cm³/mol. The number of morpholine rings is 1. The first-order chi connectivity index (χ1) is 15.4. The van der Waals surface area contributed by atoms with Crippen LogP contribution in [-0.2, 0) is 22.4 Å². The summed E-state index contributed by atoms with van der Waals surface area (Å²) in [5.74, 6) is 0.0133. The molecule has 2 aromatic rings. The standard InChI is InChI=1S/C14H17N3O3.C9H8F2O/c1-9-15-11-3-2-10(8-12(18)13(11)16-9)14(19)17-4-6-20-7-5-17;10-6-4-8(11)7-2-1-3-12-9(7)5-6/h2,8,18H,3-7H2,1H3,(H,15,16);4-5H,1-3H2. The number of aromatic amines is 1.